The van der Waals surface area contributed by atoms with Crippen LogP contribution in [-0.2, 0) is 4.79 Å². The Hall–Kier alpha value is -0.830. The first-order chi connectivity index (χ1) is 4.79. The molecule has 1 aliphatic rings. The fraction of sp³-hybridized carbons (Fsp3) is 0.571. The van der Waals surface area contributed by atoms with Gasteiger partial charge in [-0.15, -0.1) is 0 Å². The smallest absolute Gasteiger partial charge is 0.328 e. The SMILES string of the molecule is O=C(O)/C=C1/CCCNC1. The van der Waals surface area contributed by atoms with E-state index in [1.807, 2.05) is 0 Å². The second kappa shape index (κ2) is 3.37. The number of carboxylic acids is 1. The van der Waals surface area contributed by atoms with Gasteiger partial charge in [-0.3, -0.25) is 0 Å². The van der Waals surface area contributed by atoms with Gasteiger partial charge < -0.3 is 10.4 Å². The zero-order chi connectivity index (χ0) is 7.40. The van der Waals surface area contributed by atoms with E-state index in [4.69, 9.17) is 5.11 Å². The first-order valence-electron chi connectivity index (χ1n) is 3.42. The number of aliphatic carboxylic acids is 1. The minimum absolute atomic E-state index is 0.742. The van der Waals surface area contributed by atoms with Crippen LogP contribution < -0.4 is 5.32 Å². The van der Waals surface area contributed by atoms with Crippen molar-refractivity contribution in [2.75, 3.05) is 13.1 Å². The van der Waals surface area contributed by atoms with Gasteiger partial charge >= 0.3 is 5.97 Å². The highest BCUT2D eigenvalue weighted by molar-refractivity contribution is 5.80. The molecular weight excluding hydrogens is 130 g/mol. The summed E-state index contributed by atoms with van der Waals surface area (Å²) in [7, 11) is 0. The molecule has 0 aliphatic carbocycles. The van der Waals surface area contributed by atoms with Crippen LogP contribution in [0.25, 0.3) is 0 Å². The second-order valence-corrected chi connectivity index (χ2v) is 2.42. The van der Waals surface area contributed by atoms with Crippen LogP contribution in [0.5, 0.6) is 0 Å². The largest absolute Gasteiger partial charge is 0.478 e. The number of piperidine rings is 1. The Bertz CT molecular complexity index is 155. The molecule has 1 aliphatic heterocycles. The molecule has 1 heterocycles. The minimum Gasteiger partial charge on any atom is -0.478 e. The van der Waals surface area contributed by atoms with E-state index in [1.54, 1.807) is 0 Å². The maximum absolute atomic E-state index is 10.2. The summed E-state index contributed by atoms with van der Waals surface area (Å²) >= 11 is 0. The van der Waals surface area contributed by atoms with Crippen LogP contribution in [0.2, 0.25) is 0 Å². The lowest BCUT2D eigenvalue weighted by Crippen LogP contribution is -2.24. The molecule has 0 saturated carbocycles. The van der Waals surface area contributed by atoms with Gasteiger partial charge in [-0.25, -0.2) is 4.79 Å². The summed E-state index contributed by atoms with van der Waals surface area (Å²) in [5.74, 6) is -0.835. The number of nitrogens with one attached hydrogen (secondary N) is 1. The van der Waals surface area contributed by atoms with E-state index >= 15 is 0 Å². The standard InChI is InChI=1S/C7H11NO2/c9-7(10)4-6-2-1-3-8-5-6/h4,8H,1-3,5H2,(H,9,10)/b6-4-. The van der Waals surface area contributed by atoms with Gasteiger partial charge in [0.15, 0.2) is 0 Å². The summed E-state index contributed by atoms with van der Waals surface area (Å²) < 4.78 is 0. The van der Waals surface area contributed by atoms with Crippen LogP contribution in [0.15, 0.2) is 11.6 Å². The molecule has 3 heteroatoms. The molecular formula is C7H11NO2. The van der Waals surface area contributed by atoms with Crippen LogP contribution in [0.4, 0.5) is 0 Å². The lowest BCUT2D eigenvalue weighted by Gasteiger charge is -2.13. The predicted molar refractivity (Wildman–Crippen MR) is 37.8 cm³/mol. The molecule has 56 valence electrons. The van der Waals surface area contributed by atoms with Crippen molar-refractivity contribution in [3.05, 3.63) is 11.6 Å². The van der Waals surface area contributed by atoms with Crippen molar-refractivity contribution in [3.63, 3.8) is 0 Å². The van der Waals surface area contributed by atoms with Gasteiger partial charge in [-0.2, -0.15) is 0 Å². The third kappa shape index (κ3) is 2.19. The van der Waals surface area contributed by atoms with E-state index in [1.165, 1.54) is 6.08 Å². The van der Waals surface area contributed by atoms with E-state index in [0.29, 0.717) is 0 Å². The molecule has 0 aromatic carbocycles. The second-order valence-electron chi connectivity index (χ2n) is 2.42. The van der Waals surface area contributed by atoms with E-state index in [-0.39, 0.29) is 0 Å². The van der Waals surface area contributed by atoms with E-state index < -0.39 is 5.97 Å². The van der Waals surface area contributed by atoms with Crippen molar-refractivity contribution in [3.8, 4) is 0 Å². The van der Waals surface area contributed by atoms with Gasteiger partial charge in [0.2, 0.25) is 0 Å². The maximum Gasteiger partial charge on any atom is 0.328 e. The van der Waals surface area contributed by atoms with Crippen molar-refractivity contribution < 1.29 is 9.90 Å². The molecule has 1 rings (SSSR count). The summed E-state index contributed by atoms with van der Waals surface area (Å²) in [6.45, 7) is 1.75. The van der Waals surface area contributed by atoms with Crippen molar-refractivity contribution >= 4 is 5.97 Å². The van der Waals surface area contributed by atoms with Crippen LogP contribution in [0.1, 0.15) is 12.8 Å². The highest BCUT2D eigenvalue weighted by atomic mass is 16.4. The summed E-state index contributed by atoms with van der Waals surface area (Å²) in [5, 5.41) is 11.5. The number of carboxylic acid groups (broad SMARTS) is 1. The summed E-state index contributed by atoms with van der Waals surface area (Å²) in [6, 6.07) is 0. The normalized spacial score (nSPS) is 23.0. The predicted octanol–water partition coefficient (Wildman–Crippen LogP) is 0.381. The Labute approximate surface area is 59.7 Å². The van der Waals surface area contributed by atoms with Crippen LogP contribution in [0, 0.1) is 0 Å². The summed E-state index contributed by atoms with van der Waals surface area (Å²) in [4.78, 5) is 10.2. The van der Waals surface area contributed by atoms with Gasteiger partial charge in [0.25, 0.3) is 0 Å². The van der Waals surface area contributed by atoms with Crippen molar-refractivity contribution in [1.82, 2.24) is 5.32 Å². The number of hydrogen-bond donors (Lipinski definition) is 2. The third-order valence-corrected chi connectivity index (χ3v) is 1.53. The summed E-state index contributed by atoms with van der Waals surface area (Å²) in [6.07, 6.45) is 3.28. The van der Waals surface area contributed by atoms with Crippen molar-refractivity contribution in [1.29, 1.82) is 0 Å². The molecule has 1 saturated heterocycles. The molecule has 0 atom stereocenters. The zero-order valence-corrected chi connectivity index (χ0v) is 5.76. The average molecular weight is 141 g/mol. The fourth-order valence-electron chi connectivity index (χ4n) is 1.08. The third-order valence-electron chi connectivity index (χ3n) is 1.53. The molecule has 0 aromatic rings. The van der Waals surface area contributed by atoms with Crippen molar-refractivity contribution in [2.24, 2.45) is 0 Å². The molecule has 10 heavy (non-hydrogen) atoms. The molecule has 2 N–H and O–H groups in total. The topological polar surface area (TPSA) is 49.3 Å². The van der Waals surface area contributed by atoms with Gasteiger partial charge in [0, 0.05) is 12.6 Å². The van der Waals surface area contributed by atoms with E-state index in [0.717, 1.165) is 31.5 Å². The first-order valence-corrected chi connectivity index (χ1v) is 3.42. The Morgan fingerprint density at radius 3 is 3.00 bits per heavy atom. The Balaban J connectivity index is 2.45. The fourth-order valence-corrected chi connectivity index (χ4v) is 1.08. The molecule has 0 unspecified atom stereocenters. The molecule has 3 nitrogen and oxygen atoms in total. The number of carbonyl (C=O) groups is 1. The Morgan fingerprint density at radius 2 is 2.50 bits per heavy atom. The van der Waals surface area contributed by atoms with Crippen LogP contribution in [0.3, 0.4) is 0 Å². The molecule has 0 bridgehead atoms. The maximum atomic E-state index is 10.2. The summed E-state index contributed by atoms with van der Waals surface area (Å²) in [5.41, 5.74) is 0.999. The average Bonchev–Trinajstić information content (AvgIpc) is 1.88. The highest BCUT2D eigenvalue weighted by Crippen LogP contribution is 2.07. The van der Waals surface area contributed by atoms with E-state index in [9.17, 15) is 4.79 Å². The van der Waals surface area contributed by atoms with Gasteiger partial charge in [-0.1, -0.05) is 0 Å². The quantitative estimate of drug-likeness (QED) is 0.519. The Kier molecular flexibility index (Phi) is 2.45. The lowest BCUT2D eigenvalue weighted by molar-refractivity contribution is -0.131. The van der Waals surface area contributed by atoms with Gasteiger partial charge in [-0.05, 0) is 25.0 Å². The number of rotatable bonds is 1. The van der Waals surface area contributed by atoms with E-state index in [2.05, 4.69) is 5.32 Å². The highest BCUT2D eigenvalue weighted by Gasteiger charge is 2.04. The lowest BCUT2D eigenvalue weighted by atomic mass is 10.1. The monoisotopic (exact) mass is 141 g/mol. The molecule has 0 radical (unpaired) electrons. The van der Waals surface area contributed by atoms with Gasteiger partial charge in [0.05, 0.1) is 0 Å². The molecule has 0 amide bonds. The molecule has 0 aromatic heterocycles. The van der Waals surface area contributed by atoms with Crippen molar-refractivity contribution in [2.45, 2.75) is 12.8 Å². The molecule has 0 spiro atoms. The Morgan fingerprint density at radius 1 is 1.70 bits per heavy atom. The zero-order valence-electron chi connectivity index (χ0n) is 5.76. The minimum atomic E-state index is -0.835. The number of hydrogen-bond acceptors (Lipinski definition) is 2. The van der Waals surface area contributed by atoms with Gasteiger partial charge in [0.1, 0.15) is 0 Å². The first kappa shape index (κ1) is 7.28. The van der Waals surface area contributed by atoms with Crippen LogP contribution in [-0.4, -0.2) is 24.2 Å². The molecule has 1 fully saturated rings. The van der Waals surface area contributed by atoms with Crippen LogP contribution >= 0.6 is 0 Å².